The monoisotopic (exact) mass is 397 g/mol. The lowest BCUT2D eigenvalue weighted by Gasteiger charge is -2.07. The smallest absolute Gasteiger partial charge is 0.244 e. The van der Waals surface area contributed by atoms with Crippen molar-refractivity contribution in [1.82, 2.24) is 5.43 Å². The molecule has 0 unspecified atom stereocenters. The topological polar surface area (TPSA) is 74.5 Å². The summed E-state index contributed by atoms with van der Waals surface area (Å²) in [6, 6.07) is 24.9. The lowest BCUT2D eigenvalue weighted by atomic mass is 10.1. The zero-order valence-corrected chi connectivity index (χ0v) is 16.8. The van der Waals surface area contributed by atoms with E-state index < -0.39 is 0 Å². The fourth-order valence-electron chi connectivity index (χ4n) is 2.86. The Morgan fingerprint density at radius 3 is 2.43 bits per heavy atom. The van der Waals surface area contributed by atoms with Crippen molar-refractivity contribution in [3.8, 4) is 11.8 Å². The largest absolute Gasteiger partial charge is 0.489 e. The second-order valence-electron chi connectivity index (χ2n) is 6.77. The third-order valence-corrected chi connectivity index (χ3v) is 4.61. The molecule has 0 radical (unpaired) electrons. The number of rotatable bonds is 8. The fraction of sp³-hybridized carbons (Fsp3) is 0.160. The van der Waals surface area contributed by atoms with Crippen LogP contribution in [-0.2, 0) is 24.2 Å². The number of hydrazone groups is 1. The summed E-state index contributed by atoms with van der Waals surface area (Å²) in [5, 5.41) is 13.1. The highest BCUT2D eigenvalue weighted by Gasteiger charge is 2.03. The summed E-state index contributed by atoms with van der Waals surface area (Å²) in [7, 11) is 0. The fourth-order valence-corrected chi connectivity index (χ4v) is 2.86. The van der Waals surface area contributed by atoms with Gasteiger partial charge in [-0.15, -0.1) is 0 Å². The van der Waals surface area contributed by atoms with Crippen LogP contribution in [0.4, 0.5) is 0 Å². The van der Waals surface area contributed by atoms with Crippen molar-refractivity contribution in [3.63, 3.8) is 0 Å². The molecule has 3 rings (SSSR count). The number of ether oxygens (including phenoxy) is 1. The molecular weight excluding hydrogens is 374 g/mol. The molecule has 0 aliphatic rings. The summed E-state index contributed by atoms with van der Waals surface area (Å²) in [4.78, 5) is 12.0. The summed E-state index contributed by atoms with van der Waals surface area (Å²) >= 11 is 0. The van der Waals surface area contributed by atoms with Gasteiger partial charge in [-0.2, -0.15) is 10.4 Å². The van der Waals surface area contributed by atoms with Gasteiger partial charge >= 0.3 is 0 Å². The van der Waals surface area contributed by atoms with Crippen molar-refractivity contribution in [2.24, 2.45) is 5.10 Å². The van der Waals surface area contributed by atoms with E-state index in [1.54, 1.807) is 12.3 Å². The molecule has 0 fully saturated rings. The molecule has 150 valence electrons. The van der Waals surface area contributed by atoms with Gasteiger partial charge in [0.15, 0.2) is 0 Å². The zero-order chi connectivity index (χ0) is 21.2. The molecule has 0 aromatic heterocycles. The Balaban J connectivity index is 1.48. The van der Waals surface area contributed by atoms with Crippen LogP contribution in [0.25, 0.3) is 0 Å². The van der Waals surface area contributed by atoms with E-state index in [0.29, 0.717) is 17.9 Å². The number of hydrogen-bond acceptors (Lipinski definition) is 4. The first-order chi connectivity index (χ1) is 14.7. The molecule has 5 nitrogen and oxygen atoms in total. The molecule has 3 aromatic rings. The summed E-state index contributed by atoms with van der Waals surface area (Å²) in [5.74, 6) is 0.533. The standard InChI is InChI=1S/C25H23N3O2/c1-2-19-7-9-20(10-8-19)15-25(29)28-27-17-21-11-13-24(14-12-21)30-18-23-6-4-3-5-22(23)16-26/h3-14,17H,2,15,18H2,1H3,(H,28,29)/b27-17+. The maximum atomic E-state index is 12.0. The van der Waals surface area contributed by atoms with Crippen molar-refractivity contribution in [3.05, 3.63) is 101 Å². The summed E-state index contributed by atoms with van der Waals surface area (Å²) in [6.45, 7) is 2.43. The molecule has 0 spiro atoms. The SMILES string of the molecule is CCc1ccc(CC(=O)N/N=C/c2ccc(OCc3ccccc3C#N)cc2)cc1. The average Bonchev–Trinajstić information content (AvgIpc) is 2.79. The molecule has 1 amide bonds. The highest BCUT2D eigenvalue weighted by Crippen LogP contribution is 2.15. The van der Waals surface area contributed by atoms with Gasteiger partial charge in [0.05, 0.1) is 24.3 Å². The van der Waals surface area contributed by atoms with Crippen molar-refractivity contribution in [2.45, 2.75) is 26.4 Å². The first-order valence-electron chi connectivity index (χ1n) is 9.78. The van der Waals surface area contributed by atoms with Crippen molar-refractivity contribution >= 4 is 12.1 Å². The van der Waals surface area contributed by atoms with Crippen LogP contribution in [0.5, 0.6) is 5.75 Å². The van der Waals surface area contributed by atoms with Crippen molar-refractivity contribution in [2.75, 3.05) is 0 Å². The minimum Gasteiger partial charge on any atom is -0.489 e. The third kappa shape index (κ3) is 6.05. The summed E-state index contributed by atoms with van der Waals surface area (Å²) in [5.41, 5.74) is 7.05. The first kappa shape index (κ1) is 20.8. The number of nitrogens with zero attached hydrogens (tertiary/aromatic N) is 2. The van der Waals surface area contributed by atoms with Crippen LogP contribution in [0.3, 0.4) is 0 Å². The minimum absolute atomic E-state index is 0.161. The van der Waals surface area contributed by atoms with Crippen LogP contribution in [0.1, 0.15) is 34.7 Å². The lowest BCUT2D eigenvalue weighted by Crippen LogP contribution is -2.19. The van der Waals surface area contributed by atoms with Gasteiger partial charge in [0, 0.05) is 5.56 Å². The number of amides is 1. The number of nitriles is 1. The van der Waals surface area contributed by atoms with Gasteiger partial charge in [-0.25, -0.2) is 5.43 Å². The van der Waals surface area contributed by atoms with E-state index in [1.807, 2.05) is 66.7 Å². The number of benzene rings is 3. The van der Waals surface area contributed by atoms with E-state index in [9.17, 15) is 4.79 Å². The normalized spacial score (nSPS) is 10.5. The number of nitrogens with one attached hydrogen (secondary N) is 1. The van der Waals surface area contributed by atoms with E-state index in [-0.39, 0.29) is 12.3 Å². The van der Waals surface area contributed by atoms with Gasteiger partial charge in [-0.3, -0.25) is 4.79 Å². The Labute approximate surface area is 176 Å². The van der Waals surface area contributed by atoms with Crippen LogP contribution in [0.2, 0.25) is 0 Å². The minimum atomic E-state index is -0.161. The quantitative estimate of drug-likeness (QED) is 0.452. The molecule has 0 heterocycles. The second-order valence-corrected chi connectivity index (χ2v) is 6.77. The Kier molecular flexibility index (Phi) is 7.34. The molecule has 3 aromatic carbocycles. The van der Waals surface area contributed by atoms with Crippen LogP contribution in [-0.4, -0.2) is 12.1 Å². The molecule has 0 bridgehead atoms. The number of hydrogen-bond donors (Lipinski definition) is 1. The van der Waals surface area contributed by atoms with E-state index in [1.165, 1.54) is 5.56 Å². The van der Waals surface area contributed by atoms with Crippen LogP contribution < -0.4 is 10.2 Å². The highest BCUT2D eigenvalue weighted by atomic mass is 16.5. The van der Waals surface area contributed by atoms with Gasteiger partial charge in [0.25, 0.3) is 0 Å². The molecule has 0 saturated carbocycles. The maximum Gasteiger partial charge on any atom is 0.244 e. The van der Waals surface area contributed by atoms with E-state index in [0.717, 1.165) is 23.1 Å². The van der Waals surface area contributed by atoms with Gasteiger partial charge in [-0.05, 0) is 53.4 Å². The van der Waals surface area contributed by atoms with Gasteiger partial charge in [0.2, 0.25) is 5.91 Å². The van der Waals surface area contributed by atoms with Crippen LogP contribution in [0, 0.1) is 11.3 Å². The number of carbonyl (C=O) groups excluding carboxylic acids is 1. The Bertz CT molecular complexity index is 1050. The lowest BCUT2D eigenvalue weighted by molar-refractivity contribution is -0.120. The third-order valence-electron chi connectivity index (χ3n) is 4.61. The Morgan fingerprint density at radius 1 is 1.03 bits per heavy atom. The van der Waals surface area contributed by atoms with Gasteiger partial charge in [-0.1, -0.05) is 49.4 Å². The first-order valence-corrected chi connectivity index (χ1v) is 9.78. The molecular formula is C25H23N3O2. The van der Waals surface area contributed by atoms with Crippen LogP contribution in [0.15, 0.2) is 77.9 Å². The predicted molar refractivity (Wildman–Crippen MR) is 117 cm³/mol. The van der Waals surface area contributed by atoms with Gasteiger partial charge < -0.3 is 4.74 Å². The summed E-state index contributed by atoms with van der Waals surface area (Å²) < 4.78 is 5.75. The van der Waals surface area contributed by atoms with Crippen molar-refractivity contribution in [1.29, 1.82) is 5.26 Å². The van der Waals surface area contributed by atoms with E-state index in [2.05, 4.69) is 23.5 Å². The molecule has 0 atom stereocenters. The molecule has 0 aliphatic heterocycles. The van der Waals surface area contributed by atoms with E-state index in [4.69, 9.17) is 10.00 Å². The molecule has 0 aliphatic carbocycles. The number of carbonyl (C=O) groups is 1. The van der Waals surface area contributed by atoms with Gasteiger partial charge in [0.1, 0.15) is 12.4 Å². The van der Waals surface area contributed by atoms with Crippen molar-refractivity contribution < 1.29 is 9.53 Å². The average molecular weight is 397 g/mol. The maximum absolute atomic E-state index is 12.0. The Morgan fingerprint density at radius 2 is 1.73 bits per heavy atom. The molecule has 0 saturated heterocycles. The molecule has 30 heavy (non-hydrogen) atoms. The predicted octanol–water partition coefficient (Wildman–Crippen LogP) is 4.39. The molecule has 5 heteroatoms. The molecule has 1 N–H and O–H groups in total. The summed E-state index contributed by atoms with van der Waals surface area (Å²) in [6.07, 6.45) is 2.86. The number of aryl methyl sites for hydroxylation is 1. The van der Waals surface area contributed by atoms with Crippen LogP contribution >= 0.6 is 0 Å². The second kappa shape index (κ2) is 10.6. The zero-order valence-electron chi connectivity index (χ0n) is 16.8. The Hall–Kier alpha value is -3.91. The highest BCUT2D eigenvalue weighted by molar-refractivity contribution is 5.83. The van der Waals surface area contributed by atoms with E-state index >= 15 is 0 Å².